The number of hydrogen-bond acceptors (Lipinski definition) is 7. The fourth-order valence-corrected chi connectivity index (χ4v) is 2.13. The van der Waals surface area contributed by atoms with E-state index in [1.165, 1.54) is 37.3 Å². The van der Waals surface area contributed by atoms with Gasteiger partial charge >= 0.3 is 17.8 Å². The number of aryl methyl sites for hydroxylation is 1. The molecule has 0 unspecified atom stereocenters. The minimum Gasteiger partial charge on any atom is -0.399 e. The third-order valence-corrected chi connectivity index (χ3v) is 3.46. The van der Waals surface area contributed by atoms with E-state index in [9.17, 15) is 23.7 Å². The summed E-state index contributed by atoms with van der Waals surface area (Å²) in [6.45, 7) is 1.39. The number of benzene rings is 2. The number of nitrogens with one attached hydrogen (secondary N) is 2. The third kappa shape index (κ3) is 3.86. The van der Waals surface area contributed by atoms with Crippen molar-refractivity contribution in [3.8, 4) is 0 Å². The van der Waals surface area contributed by atoms with Crippen LogP contribution in [0.4, 0.5) is 31.9 Å². The molecule has 0 aliphatic carbocycles. The zero-order valence-electron chi connectivity index (χ0n) is 13.7. The van der Waals surface area contributed by atoms with E-state index >= 15 is 0 Å². The summed E-state index contributed by atoms with van der Waals surface area (Å²) in [7, 11) is 0. The lowest BCUT2D eigenvalue weighted by Crippen LogP contribution is -2.15. The number of nitro benzene ring substituents is 1. The minimum absolute atomic E-state index is 0.111. The smallest absolute Gasteiger partial charge is 0.320 e. The third-order valence-electron chi connectivity index (χ3n) is 3.46. The molecule has 0 radical (unpaired) electrons. The highest BCUT2D eigenvalue weighted by atomic mass is 19.1. The summed E-state index contributed by atoms with van der Waals surface area (Å²) in [5.41, 5.74) is -0.681. The Morgan fingerprint density at radius 3 is 2.52 bits per heavy atom. The van der Waals surface area contributed by atoms with Gasteiger partial charge in [-0.3, -0.25) is 14.9 Å². The van der Waals surface area contributed by atoms with E-state index in [2.05, 4.69) is 20.8 Å². The molecule has 11 heteroatoms. The molecule has 138 valence electrons. The molecule has 1 heterocycles. The van der Waals surface area contributed by atoms with Gasteiger partial charge in [-0.1, -0.05) is 5.10 Å². The van der Waals surface area contributed by atoms with Crippen molar-refractivity contribution in [1.29, 1.82) is 0 Å². The number of anilines is 3. The van der Waals surface area contributed by atoms with Crippen LogP contribution in [0, 0.1) is 28.7 Å². The number of carbonyl (C=O) groups is 1. The molecule has 1 aromatic heterocycles. The number of carbonyl (C=O) groups excluding carboxylic acids is 1. The normalized spacial score (nSPS) is 10.5. The van der Waals surface area contributed by atoms with Gasteiger partial charge in [0.2, 0.25) is 0 Å². The Kier molecular flexibility index (Phi) is 4.75. The SMILES string of the molecule is Cc1ccc([N+](=O)[O-])c(NC(=O)c2nnc(Nc3ccc(F)cc3)o2)c1F. The fraction of sp³-hybridized carbons (Fsp3) is 0.0625. The number of nitrogens with zero attached hydrogens (tertiary/aromatic N) is 3. The van der Waals surface area contributed by atoms with Crippen LogP contribution < -0.4 is 10.6 Å². The lowest BCUT2D eigenvalue weighted by molar-refractivity contribution is -0.384. The standard InChI is InChI=1S/C16H11F2N5O4/c1-8-2-7-11(23(25)26)13(12(8)18)20-14(24)15-21-22-16(27-15)19-10-5-3-9(17)4-6-10/h2-7H,1H3,(H,19,22)(H,20,24). The maximum Gasteiger partial charge on any atom is 0.320 e. The van der Waals surface area contributed by atoms with Gasteiger partial charge in [-0.15, -0.1) is 5.10 Å². The van der Waals surface area contributed by atoms with Crippen molar-refractivity contribution in [3.63, 3.8) is 0 Å². The summed E-state index contributed by atoms with van der Waals surface area (Å²) >= 11 is 0. The number of amides is 1. The van der Waals surface area contributed by atoms with Gasteiger partial charge in [0.1, 0.15) is 5.82 Å². The first-order valence-electron chi connectivity index (χ1n) is 7.46. The van der Waals surface area contributed by atoms with Crippen molar-refractivity contribution < 1.29 is 22.9 Å². The van der Waals surface area contributed by atoms with Gasteiger partial charge in [-0.2, -0.15) is 0 Å². The van der Waals surface area contributed by atoms with Gasteiger partial charge in [-0.05, 0) is 42.8 Å². The van der Waals surface area contributed by atoms with Gasteiger partial charge in [0, 0.05) is 11.8 Å². The summed E-state index contributed by atoms with van der Waals surface area (Å²) in [4.78, 5) is 22.4. The highest BCUT2D eigenvalue weighted by Gasteiger charge is 2.24. The molecule has 9 nitrogen and oxygen atoms in total. The maximum absolute atomic E-state index is 14.2. The zero-order valence-corrected chi connectivity index (χ0v) is 13.7. The number of halogens is 2. The van der Waals surface area contributed by atoms with Crippen LogP contribution >= 0.6 is 0 Å². The Labute approximate surface area is 150 Å². The van der Waals surface area contributed by atoms with Crippen LogP contribution in [0.1, 0.15) is 16.2 Å². The molecule has 0 saturated carbocycles. The number of rotatable bonds is 5. The molecular formula is C16H11F2N5O4. The van der Waals surface area contributed by atoms with Crippen LogP contribution in [0.25, 0.3) is 0 Å². The van der Waals surface area contributed by atoms with Crippen LogP contribution in [-0.2, 0) is 0 Å². The molecule has 3 aromatic rings. The molecule has 3 rings (SSSR count). The van der Waals surface area contributed by atoms with E-state index in [1.807, 2.05) is 0 Å². The first-order chi connectivity index (χ1) is 12.8. The lowest BCUT2D eigenvalue weighted by Gasteiger charge is -2.07. The van der Waals surface area contributed by atoms with E-state index in [0.29, 0.717) is 5.69 Å². The second-order valence-corrected chi connectivity index (χ2v) is 5.35. The molecule has 1 amide bonds. The Morgan fingerprint density at radius 1 is 1.15 bits per heavy atom. The maximum atomic E-state index is 14.2. The largest absolute Gasteiger partial charge is 0.399 e. The Morgan fingerprint density at radius 2 is 1.85 bits per heavy atom. The summed E-state index contributed by atoms with van der Waals surface area (Å²) in [5, 5.41) is 22.8. The molecule has 2 N–H and O–H groups in total. The predicted octanol–water partition coefficient (Wildman–Crippen LogP) is 3.56. The molecule has 0 bridgehead atoms. The molecule has 0 atom stereocenters. The van der Waals surface area contributed by atoms with Crippen LogP contribution in [0.3, 0.4) is 0 Å². The fourth-order valence-electron chi connectivity index (χ4n) is 2.13. The van der Waals surface area contributed by atoms with Crippen LogP contribution in [0.5, 0.6) is 0 Å². The summed E-state index contributed by atoms with van der Waals surface area (Å²) in [5.74, 6) is -2.95. The second kappa shape index (κ2) is 7.15. The van der Waals surface area contributed by atoms with E-state index < -0.39 is 39.7 Å². The Hall–Kier alpha value is -3.89. The average Bonchev–Trinajstić information content (AvgIpc) is 3.09. The van der Waals surface area contributed by atoms with Crippen LogP contribution in [-0.4, -0.2) is 21.0 Å². The molecule has 0 fully saturated rings. The number of aromatic nitrogens is 2. The van der Waals surface area contributed by atoms with Gasteiger partial charge in [0.15, 0.2) is 11.5 Å². The highest BCUT2D eigenvalue weighted by molar-refractivity contribution is 6.02. The van der Waals surface area contributed by atoms with Gasteiger partial charge in [0.25, 0.3) is 5.69 Å². The van der Waals surface area contributed by atoms with E-state index in [4.69, 9.17) is 4.42 Å². The molecular weight excluding hydrogens is 364 g/mol. The minimum atomic E-state index is -1.03. The molecule has 0 saturated heterocycles. The highest BCUT2D eigenvalue weighted by Crippen LogP contribution is 2.30. The zero-order chi connectivity index (χ0) is 19.6. The Balaban J connectivity index is 1.80. The Bertz CT molecular complexity index is 1020. The molecule has 0 aliphatic heterocycles. The van der Waals surface area contributed by atoms with E-state index in [-0.39, 0.29) is 11.6 Å². The molecule has 2 aromatic carbocycles. The topological polar surface area (TPSA) is 123 Å². The van der Waals surface area contributed by atoms with E-state index in [1.54, 1.807) is 0 Å². The number of nitro groups is 1. The predicted molar refractivity (Wildman–Crippen MR) is 89.7 cm³/mol. The van der Waals surface area contributed by atoms with Crippen molar-refractivity contribution in [2.45, 2.75) is 6.92 Å². The molecule has 0 aliphatic rings. The van der Waals surface area contributed by atoms with Crippen molar-refractivity contribution in [1.82, 2.24) is 10.2 Å². The summed E-state index contributed by atoms with van der Waals surface area (Å²) in [6, 6.07) is 7.34. The number of hydrogen-bond donors (Lipinski definition) is 2. The van der Waals surface area contributed by atoms with E-state index in [0.717, 1.165) is 6.07 Å². The van der Waals surface area contributed by atoms with Gasteiger partial charge in [0.05, 0.1) is 4.92 Å². The van der Waals surface area contributed by atoms with Crippen LogP contribution in [0.2, 0.25) is 0 Å². The second-order valence-electron chi connectivity index (χ2n) is 5.35. The average molecular weight is 375 g/mol. The first kappa shape index (κ1) is 17.9. The molecule has 27 heavy (non-hydrogen) atoms. The van der Waals surface area contributed by atoms with Crippen molar-refractivity contribution >= 4 is 29.0 Å². The summed E-state index contributed by atoms with van der Waals surface area (Å²) in [6.07, 6.45) is 0. The first-order valence-corrected chi connectivity index (χ1v) is 7.46. The molecule has 0 spiro atoms. The van der Waals surface area contributed by atoms with Gasteiger partial charge < -0.3 is 15.1 Å². The monoisotopic (exact) mass is 375 g/mol. The van der Waals surface area contributed by atoms with Crippen molar-refractivity contribution in [3.05, 3.63) is 69.6 Å². The van der Waals surface area contributed by atoms with Crippen molar-refractivity contribution in [2.24, 2.45) is 0 Å². The quantitative estimate of drug-likeness (QED) is 0.516. The summed E-state index contributed by atoms with van der Waals surface area (Å²) < 4.78 is 32.2. The lowest BCUT2D eigenvalue weighted by atomic mass is 10.1. The van der Waals surface area contributed by atoms with Crippen molar-refractivity contribution in [2.75, 3.05) is 10.6 Å². The van der Waals surface area contributed by atoms with Gasteiger partial charge in [-0.25, -0.2) is 8.78 Å². The van der Waals surface area contributed by atoms with Crippen LogP contribution in [0.15, 0.2) is 40.8 Å².